The molecule has 0 radical (unpaired) electrons. The highest BCUT2D eigenvalue weighted by atomic mass is 16.3. The standard InChI is InChI=1S/C14H19N3O2/c1-3-13-12(6-8-19-13)14(18)15-7-4-5-11-9-16-17-10(11)2/h6,8-9H,3-5,7H2,1-2H3,(H,15,18)(H,16,17). The molecule has 19 heavy (non-hydrogen) atoms. The number of carbonyl (C=O) groups excluding carboxylic acids is 1. The number of nitrogens with one attached hydrogen (secondary N) is 2. The van der Waals surface area contributed by atoms with Gasteiger partial charge >= 0.3 is 0 Å². The number of aromatic nitrogens is 2. The molecule has 5 heteroatoms. The number of H-pyrrole nitrogens is 1. The third-order valence-corrected chi connectivity index (χ3v) is 3.15. The molecule has 5 nitrogen and oxygen atoms in total. The second kappa shape index (κ2) is 6.22. The van der Waals surface area contributed by atoms with E-state index in [1.165, 1.54) is 5.56 Å². The maximum atomic E-state index is 11.9. The molecule has 0 aliphatic carbocycles. The highest BCUT2D eigenvalue weighted by molar-refractivity contribution is 5.95. The number of aromatic amines is 1. The van der Waals surface area contributed by atoms with Gasteiger partial charge in [0, 0.05) is 18.7 Å². The SMILES string of the molecule is CCc1occc1C(=O)NCCCc1cn[nH]c1C. The first-order valence-corrected chi connectivity index (χ1v) is 6.55. The van der Waals surface area contributed by atoms with Crippen LogP contribution in [0.2, 0.25) is 0 Å². The summed E-state index contributed by atoms with van der Waals surface area (Å²) in [7, 11) is 0. The molecule has 2 heterocycles. The lowest BCUT2D eigenvalue weighted by Gasteiger charge is -2.04. The third kappa shape index (κ3) is 3.24. The van der Waals surface area contributed by atoms with Crippen LogP contribution in [0.25, 0.3) is 0 Å². The Morgan fingerprint density at radius 1 is 1.53 bits per heavy atom. The topological polar surface area (TPSA) is 70.9 Å². The molecule has 2 N–H and O–H groups in total. The van der Waals surface area contributed by atoms with Crippen LogP contribution >= 0.6 is 0 Å². The fourth-order valence-corrected chi connectivity index (χ4v) is 2.02. The number of amides is 1. The van der Waals surface area contributed by atoms with Crippen molar-refractivity contribution in [2.45, 2.75) is 33.1 Å². The van der Waals surface area contributed by atoms with E-state index in [0.717, 1.165) is 30.7 Å². The van der Waals surface area contributed by atoms with Crippen molar-refractivity contribution in [3.8, 4) is 0 Å². The molecule has 0 aliphatic rings. The Balaban J connectivity index is 1.77. The zero-order valence-electron chi connectivity index (χ0n) is 11.3. The maximum absolute atomic E-state index is 11.9. The highest BCUT2D eigenvalue weighted by Gasteiger charge is 2.12. The van der Waals surface area contributed by atoms with Crippen LogP contribution in [-0.4, -0.2) is 22.6 Å². The van der Waals surface area contributed by atoms with Crippen molar-refractivity contribution in [3.63, 3.8) is 0 Å². The van der Waals surface area contributed by atoms with E-state index in [1.54, 1.807) is 12.3 Å². The first kappa shape index (κ1) is 13.4. The van der Waals surface area contributed by atoms with Gasteiger partial charge < -0.3 is 9.73 Å². The number of hydrogen-bond donors (Lipinski definition) is 2. The summed E-state index contributed by atoms with van der Waals surface area (Å²) in [5, 5.41) is 9.79. The molecule has 0 unspecified atom stereocenters. The Kier molecular flexibility index (Phi) is 4.39. The second-order valence-corrected chi connectivity index (χ2v) is 4.49. The van der Waals surface area contributed by atoms with E-state index in [4.69, 9.17) is 4.42 Å². The van der Waals surface area contributed by atoms with Crippen LogP contribution in [0.5, 0.6) is 0 Å². The Morgan fingerprint density at radius 3 is 3.05 bits per heavy atom. The molecule has 102 valence electrons. The van der Waals surface area contributed by atoms with Gasteiger partial charge in [-0.3, -0.25) is 9.89 Å². The average molecular weight is 261 g/mol. The average Bonchev–Trinajstić information content (AvgIpc) is 3.03. The zero-order chi connectivity index (χ0) is 13.7. The minimum Gasteiger partial charge on any atom is -0.469 e. The van der Waals surface area contributed by atoms with Crippen LogP contribution in [0.15, 0.2) is 22.9 Å². The summed E-state index contributed by atoms with van der Waals surface area (Å²) in [4.78, 5) is 11.9. The number of furan rings is 1. The van der Waals surface area contributed by atoms with E-state index in [1.807, 2.05) is 20.0 Å². The van der Waals surface area contributed by atoms with Crippen molar-refractivity contribution in [2.75, 3.05) is 6.54 Å². The van der Waals surface area contributed by atoms with Crippen LogP contribution < -0.4 is 5.32 Å². The second-order valence-electron chi connectivity index (χ2n) is 4.49. The lowest BCUT2D eigenvalue weighted by Crippen LogP contribution is -2.25. The first-order chi connectivity index (χ1) is 9.22. The summed E-state index contributed by atoms with van der Waals surface area (Å²) in [5.41, 5.74) is 2.93. The van der Waals surface area contributed by atoms with Gasteiger partial charge in [0.2, 0.25) is 0 Å². The monoisotopic (exact) mass is 261 g/mol. The summed E-state index contributed by atoms with van der Waals surface area (Å²) >= 11 is 0. The van der Waals surface area contributed by atoms with Crippen LogP contribution in [0.3, 0.4) is 0 Å². The quantitative estimate of drug-likeness (QED) is 0.783. The minimum absolute atomic E-state index is 0.0606. The van der Waals surface area contributed by atoms with Crippen LogP contribution in [0.1, 0.15) is 40.7 Å². The molecule has 2 aromatic heterocycles. The molecule has 0 aromatic carbocycles. The predicted molar refractivity (Wildman–Crippen MR) is 72.1 cm³/mol. The maximum Gasteiger partial charge on any atom is 0.254 e. The summed E-state index contributed by atoms with van der Waals surface area (Å²) in [6.07, 6.45) is 5.93. The van der Waals surface area contributed by atoms with Gasteiger partial charge in [0.25, 0.3) is 5.91 Å². The van der Waals surface area contributed by atoms with E-state index in [-0.39, 0.29) is 5.91 Å². The molecule has 0 saturated carbocycles. The molecule has 2 rings (SSSR count). The van der Waals surface area contributed by atoms with Crippen LogP contribution in [0, 0.1) is 6.92 Å². The highest BCUT2D eigenvalue weighted by Crippen LogP contribution is 2.11. The van der Waals surface area contributed by atoms with E-state index in [9.17, 15) is 4.79 Å². The Labute approximate surface area is 112 Å². The molecule has 2 aromatic rings. The molecule has 0 spiro atoms. The molecule has 1 amide bonds. The summed E-state index contributed by atoms with van der Waals surface area (Å²) < 4.78 is 5.24. The van der Waals surface area contributed by atoms with Crippen molar-refractivity contribution in [1.82, 2.24) is 15.5 Å². The van der Waals surface area contributed by atoms with E-state index >= 15 is 0 Å². The molecular weight excluding hydrogens is 242 g/mol. The molecule has 0 fully saturated rings. The zero-order valence-corrected chi connectivity index (χ0v) is 11.3. The smallest absolute Gasteiger partial charge is 0.254 e. The van der Waals surface area contributed by atoms with Gasteiger partial charge in [0.15, 0.2) is 0 Å². The fraction of sp³-hybridized carbons (Fsp3) is 0.429. The van der Waals surface area contributed by atoms with Crippen LogP contribution in [-0.2, 0) is 12.8 Å². The van der Waals surface area contributed by atoms with E-state index in [2.05, 4.69) is 15.5 Å². The van der Waals surface area contributed by atoms with Gasteiger partial charge in [-0.2, -0.15) is 5.10 Å². The molecule has 0 aliphatic heterocycles. The minimum atomic E-state index is -0.0606. The molecule has 0 saturated heterocycles. The summed E-state index contributed by atoms with van der Waals surface area (Å²) in [6, 6.07) is 1.72. The Bertz CT molecular complexity index is 542. The van der Waals surface area contributed by atoms with E-state index in [0.29, 0.717) is 12.1 Å². The molecular formula is C14H19N3O2. The lowest BCUT2D eigenvalue weighted by atomic mass is 10.1. The fourth-order valence-electron chi connectivity index (χ4n) is 2.02. The predicted octanol–water partition coefficient (Wildman–Crippen LogP) is 2.24. The van der Waals surface area contributed by atoms with Crippen molar-refractivity contribution < 1.29 is 9.21 Å². The number of aryl methyl sites for hydroxylation is 3. The summed E-state index contributed by atoms with van der Waals surface area (Å²) in [5.74, 6) is 0.678. The number of hydrogen-bond acceptors (Lipinski definition) is 3. The van der Waals surface area contributed by atoms with Crippen molar-refractivity contribution >= 4 is 5.91 Å². The van der Waals surface area contributed by atoms with Gasteiger partial charge in [-0.15, -0.1) is 0 Å². The lowest BCUT2D eigenvalue weighted by molar-refractivity contribution is 0.0951. The van der Waals surface area contributed by atoms with Gasteiger partial charge in [-0.25, -0.2) is 0 Å². The van der Waals surface area contributed by atoms with Gasteiger partial charge in [-0.1, -0.05) is 6.92 Å². The Morgan fingerprint density at radius 2 is 2.37 bits per heavy atom. The Hall–Kier alpha value is -2.04. The largest absolute Gasteiger partial charge is 0.469 e. The number of rotatable bonds is 6. The third-order valence-electron chi connectivity index (χ3n) is 3.15. The van der Waals surface area contributed by atoms with Crippen molar-refractivity contribution in [2.24, 2.45) is 0 Å². The van der Waals surface area contributed by atoms with Crippen molar-refractivity contribution in [3.05, 3.63) is 41.1 Å². The number of nitrogens with zero attached hydrogens (tertiary/aromatic N) is 1. The van der Waals surface area contributed by atoms with Gasteiger partial charge in [-0.05, 0) is 31.4 Å². The first-order valence-electron chi connectivity index (χ1n) is 6.55. The molecule has 0 bridgehead atoms. The van der Waals surface area contributed by atoms with E-state index < -0.39 is 0 Å². The van der Waals surface area contributed by atoms with Gasteiger partial charge in [0.05, 0.1) is 18.0 Å². The number of carbonyl (C=O) groups is 1. The molecule has 0 atom stereocenters. The summed E-state index contributed by atoms with van der Waals surface area (Å²) in [6.45, 7) is 4.62. The van der Waals surface area contributed by atoms with Gasteiger partial charge in [0.1, 0.15) is 5.76 Å². The van der Waals surface area contributed by atoms with Crippen LogP contribution in [0.4, 0.5) is 0 Å². The normalized spacial score (nSPS) is 10.6. The van der Waals surface area contributed by atoms with Crippen molar-refractivity contribution in [1.29, 1.82) is 0 Å².